The molecule has 2 rings (SSSR count). The first-order chi connectivity index (χ1) is 12.0. The average Bonchev–Trinajstić information content (AvgIpc) is 2.61. The predicted molar refractivity (Wildman–Crippen MR) is 87.4 cm³/mol. The monoisotopic (exact) mass is 342 g/mol. The van der Waals surface area contributed by atoms with E-state index in [2.05, 4.69) is 5.32 Å². The van der Waals surface area contributed by atoms with E-state index in [-0.39, 0.29) is 12.3 Å². The molecule has 0 aliphatic carbocycles. The first-order valence-electron chi connectivity index (χ1n) is 7.32. The molecule has 0 fully saturated rings. The zero-order valence-electron chi connectivity index (χ0n) is 13.4. The lowest BCUT2D eigenvalue weighted by Crippen LogP contribution is -2.23. The Labute approximate surface area is 143 Å². The quantitative estimate of drug-likeness (QED) is 0.815. The Balaban J connectivity index is 1.74. The van der Waals surface area contributed by atoms with Crippen molar-refractivity contribution in [3.05, 3.63) is 59.4 Å². The lowest BCUT2D eigenvalue weighted by molar-refractivity contribution is -0.149. The van der Waals surface area contributed by atoms with Crippen LogP contribution >= 0.6 is 0 Å². The lowest BCUT2D eigenvalue weighted by atomic mass is 10.2. The molecular weight excluding hydrogens is 327 g/mol. The highest BCUT2D eigenvalue weighted by atomic mass is 19.1. The van der Waals surface area contributed by atoms with Crippen molar-refractivity contribution >= 4 is 17.6 Å². The van der Waals surface area contributed by atoms with Crippen LogP contribution < -0.4 is 10.1 Å². The molecule has 2 aromatic rings. The fraction of sp³-hybridized carbons (Fsp3) is 0.167. The molecule has 0 aliphatic rings. The van der Waals surface area contributed by atoms with Gasteiger partial charge in [-0.25, -0.2) is 9.18 Å². The standard InChI is InChI=1S/C18H15FN2O4/c1-12-2-5-14(8-16(12)19)21-17(22)10-25-18(23)11-24-15-6-3-13(9-20)4-7-15/h2-8H,10-11H2,1H3,(H,21,22). The Kier molecular flexibility index (Phi) is 6.07. The van der Waals surface area contributed by atoms with E-state index < -0.39 is 24.3 Å². The third-order valence-corrected chi connectivity index (χ3v) is 3.16. The Hall–Kier alpha value is -3.40. The minimum atomic E-state index is -0.727. The first-order valence-corrected chi connectivity index (χ1v) is 7.32. The van der Waals surface area contributed by atoms with Crippen LogP contribution in [-0.4, -0.2) is 25.1 Å². The number of halogens is 1. The second-order valence-electron chi connectivity index (χ2n) is 5.10. The van der Waals surface area contributed by atoms with E-state index in [0.717, 1.165) is 0 Å². The fourth-order valence-corrected chi connectivity index (χ4v) is 1.82. The third-order valence-electron chi connectivity index (χ3n) is 3.16. The van der Waals surface area contributed by atoms with Gasteiger partial charge in [0, 0.05) is 5.69 Å². The predicted octanol–water partition coefficient (Wildman–Crippen LogP) is 2.57. The lowest BCUT2D eigenvalue weighted by Gasteiger charge is -2.08. The van der Waals surface area contributed by atoms with Gasteiger partial charge in [0.25, 0.3) is 5.91 Å². The van der Waals surface area contributed by atoms with Gasteiger partial charge in [0.1, 0.15) is 11.6 Å². The van der Waals surface area contributed by atoms with Crippen molar-refractivity contribution in [2.75, 3.05) is 18.5 Å². The molecule has 0 unspecified atom stereocenters. The molecule has 0 heterocycles. The van der Waals surface area contributed by atoms with Crippen molar-refractivity contribution in [2.24, 2.45) is 0 Å². The molecule has 2 aromatic carbocycles. The van der Waals surface area contributed by atoms with Gasteiger partial charge in [-0.1, -0.05) is 6.07 Å². The van der Waals surface area contributed by atoms with Crippen molar-refractivity contribution in [3.63, 3.8) is 0 Å². The van der Waals surface area contributed by atoms with Crippen LogP contribution in [0.4, 0.5) is 10.1 Å². The summed E-state index contributed by atoms with van der Waals surface area (Å²) in [5.41, 5.74) is 1.21. The minimum absolute atomic E-state index is 0.276. The summed E-state index contributed by atoms with van der Waals surface area (Å²) < 4.78 is 23.3. The van der Waals surface area contributed by atoms with Crippen LogP contribution in [0.5, 0.6) is 5.75 Å². The number of nitrogens with one attached hydrogen (secondary N) is 1. The molecule has 1 amide bonds. The molecular formula is C18H15FN2O4. The summed E-state index contributed by atoms with van der Waals surface area (Å²) in [5, 5.41) is 11.1. The number of benzene rings is 2. The number of esters is 1. The number of ether oxygens (including phenoxy) is 2. The molecule has 0 spiro atoms. The maximum absolute atomic E-state index is 13.4. The van der Waals surface area contributed by atoms with Crippen LogP contribution in [0.3, 0.4) is 0 Å². The summed E-state index contributed by atoms with van der Waals surface area (Å²) in [5.74, 6) is -1.36. The highest BCUT2D eigenvalue weighted by Gasteiger charge is 2.10. The summed E-state index contributed by atoms with van der Waals surface area (Å²) in [6.45, 7) is 0.722. The van der Waals surface area contributed by atoms with Gasteiger partial charge < -0.3 is 14.8 Å². The average molecular weight is 342 g/mol. The van der Waals surface area contributed by atoms with Crippen molar-refractivity contribution in [1.82, 2.24) is 0 Å². The van der Waals surface area contributed by atoms with Crippen LogP contribution in [-0.2, 0) is 14.3 Å². The highest BCUT2D eigenvalue weighted by Crippen LogP contribution is 2.13. The highest BCUT2D eigenvalue weighted by molar-refractivity contribution is 5.92. The topological polar surface area (TPSA) is 88.4 Å². The van der Waals surface area contributed by atoms with Crippen molar-refractivity contribution in [1.29, 1.82) is 5.26 Å². The maximum Gasteiger partial charge on any atom is 0.344 e. The summed E-state index contributed by atoms with van der Waals surface area (Å²) in [6, 6.07) is 12.4. The number of hydrogen-bond donors (Lipinski definition) is 1. The summed E-state index contributed by atoms with van der Waals surface area (Å²) in [4.78, 5) is 23.2. The minimum Gasteiger partial charge on any atom is -0.482 e. The smallest absolute Gasteiger partial charge is 0.344 e. The summed E-state index contributed by atoms with van der Waals surface area (Å²) >= 11 is 0. The van der Waals surface area contributed by atoms with E-state index in [1.54, 1.807) is 37.3 Å². The van der Waals surface area contributed by atoms with Gasteiger partial charge in [0.2, 0.25) is 0 Å². The van der Waals surface area contributed by atoms with Gasteiger partial charge in [0.05, 0.1) is 11.6 Å². The van der Waals surface area contributed by atoms with Crippen molar-refractivity contribution in [2.45, 2.75) is 6.92 Å². The zero-order valence-corrected chi connectivity index (χ0v) is 13.4. The first kappa shape index (κ1) is 17.9. The molecule has 128 valence electrons. The molecule has 25 heavy (non-hydrogen) atoms. The summed E-state index contributed by atoms with van der Waals surface area (Å²) in [7, 11) is 0. The molecule has 0 saturated heterocycles. The SMILES string of the molecule is Cc1ccc(NC(=O)COC(=O)COc2ccc(C#N)cc2)cc1F. The number of carbonyl (C=O) groups excluding carboxylic acids is 2. The Morgan fingerprint density at radius 3 is 2.52 bits per heavy atom. The largest absolute Gasteiger partial charge is 0.482 e. The van der Waals surface area contributed by atoms with E-state index >= 15 is 0 Å². The van der Waals surface area contributed by atoms with E-state index in [0.29, 0.717) is 16.9 Å². The number of amides is 1. The van der Waals surface area contributed by atoms with Crippen LogP contribution in [0.15, 0.2) is 42.5 Å². The van der Waals surface area contributed by atoms with Crippen LogP contribution in [0.2, 0.25) is 0 Å². The second kappa shape index (κ2) is 8.45. The Morgan fingerprint density at radius 1 is 1.16 bits per heavy atom. The van der Waals surface area contributed by atoms with E-state index in [9.17, 15) is 14.0 Å². The van der Waals surface area contributed by atoms with E-state index in [1.165, 1.54) is 12.1 Å². The molecule has 1 N–H and O–H groups in total. The van der Waals surface area contributed by atoms with E-state index in [1.807, 2.05) is 6.07 Å². The molecule has 7 heteroatoms. The normalized spacial score (nSPS) is 9.80. The fourth-order valence-electron chi connectivity index (χ4n) is 1.82. The van der Waals surface area contributed by atoms with Gasteiger partial charge in [-0.15, -0.1) is 0 Å². The van der Waals surface area contributed by atoms with Gasteiger partial charge in [-0.05, 0) is 48.9 Å². The third kappa shape index (κ3) is 5.62. The molecule has 0 aromatic heterocycles. The second-order valence-corrected chi connectivity index (χ2v) is 5.10. The number of nitriles is 1. The van der Waals surface area contributed by atoms with Gasteiger partial charge in [-0.3, -0.25) is 4.79 Å². The molecule has 0 aliphatic heterocycles. The molecule has 0 bridgehead atoms. The van der Waals surface area contributed by atoms with E-state index in [4.69, 9.17) is 14.7 Å². The van der Waals surface area contributed by atoms with Crippen LogP contribution in [0.1, 0.15) is 11.1 Å². The molecule has 0 saturated carbocycles. The number of carbonyl (C=O) groups is 2. The van der Waals surface area contributed by atoms with Gasteiger partial charge >= 0.3 is 5.97 Å². The van der Waals surface area contributed by atoms with Gasteiger partial charge in [-0.2, -0.15) is 5.26 Å². The summed E-state index contributed by atoms with van der Waals surface area (Å²) in [6.07, 6.45) is 0. The van der Waals surface area contributed by atoms with Crippen molar-refractivity contribution < 1.29 is 23.5 Å². The Bertz CT molecular complexity index is 813. The van der Waals surface area contributed by atoms with Crippen LogP contribution in [0, 0.1) is 24.1 Å². The number of hydrogen-bond acceptors (Lipinski definition) is 5. The maximum atomic E-state index is 13.4. The molecule has 6 nitrogen and oxygen atoms in total. The molecule has 0 atom stereocenters. The Morgan fingerprint density at radius 2 is 1.88 bits per heavy atom. The number of anilines is 1. The zero-order chi connectivity index (χ0) is 18.2. The number of aryl methyl sites for hydroxylation is 1. The number of nitrogens with zero attached hydrogens (tertiary/aromatic N) is 1. The van der Waals surface area contributed by atoms with Crippen LogP contribution in [0.25, 0.3) is 0 Å². The number of rotatable bonds is 6. The molecule has 0 radical (unpaired) electrons. The van der Waals surface area contributed by atoms with Crippen molar-refractivity contribution in [3.8, 4) is 11.8 Å². The van der Waals surface area contributed by atoms with Gasteiger partial charge in [0.15, 0.2) is 13.2 Å².